The van der Waals surface area contributed by atoms with Crippen LogP contribution in [0.25, 0.3) is 33.3 Å². The maximum atomic E-state index is 12.7. The Balaban J connectivity index is 1.69. The molecule has 39 heavy (non-hydrogen) atoms. The van der Waals surface area contributed by atoms with Gasteiger partial charge in [0.2, 0.25) is 0 Å². The highest BCUT2D eigenvalue weighted by atomic mass is 16.5. The lowest BCUT2D eigenvalue weighted by Crippen LogP contribution is -2.03. The van der Waals surface area contributed by atoms with Gasteiger partial charge in [0, 0.05) is 17.2 Å². The molecule has 0 unspecified atom stereocenters. The Morgan fingerprint density at radius 1 is 0.821 bits per heavy atom. The molecule has 0 radical (unpaired) electrons. The Morgan fingerprint density at radius 3 is 2.18 bits per heavy atom. The Kier molecular flexibility index (Phi) is 7.46. The molecule has 0 aliphatic carbocycles. The van der Waals surface area contributed by atoms with Crippen molar-refractivity contribution in [1.82, 2.24) is 9.78 Å². The van der Waals surface area contributed by atoms with Crippen molar-refractivity contribution in [3.8, 4) is 28.4 Å². The summed E-state index contributed by atoms with van der Waals surface area (Å²) in [7, 11) is 3.30. The number of rotatable bonds is 8. The number of methoxy groups -OCH3 is 2. The number of hydrogen-bond acceptors (Lipinski definition) is 5. The third-order valence-corrected chi connectivity index (χ3v) is 6.56. The van der Waals surface area contributed by atoms with E-state index >= 15 is 0 Å². The molecule has 6 heteroatoms. The lowest BCUT2D eigenvalue weighted by molar-refractivity contribution is -0.137. The second-order valence-electron chi connectivity index (χ2n) is 9.13. The average Bonchev–Trinajstić information content (AvgIpc) is 3.41. The largest absolute Gasteiger partial charge is 0.497 e. The van der Waals surface area contributed by atoms with Crippen LogP contribution in [-0.2, 0) is 9.53 Å². The fourth-order valence-corrected chi connectivity index (χ4v) is 4.49. The number of esters is 1. The van der Waals surface area contributed by atoms with Crippen LogP contribution in [0.1, 0.15) is 23.7 Å². The van der Waals surface area contributed by atoms with E-state index < -0.39 is 5.97 Å². The first-order chi connectivity index (χ1) is 19.0. The highest BCUT2D eigenvalue weighted by molar-refractivity contribution is 5.98. The van der Waals surface area contributed by atoms with E-state index in [4.69, 9.17) is 19.3 Å². The lowest BCUT2D eigenvalue weighted by Gasteiger charge is -2.09. The van der Waals surface area contributed by atoms with Crippen LogP contribution in [0.2, 0.25) is 0 Å². The number of nitrogens with zero attached hydrogens (tertiary/aromatic N) is 2. The summed E-state index contributed by atoms with van der Waals surface area (Å²) in [5.74, 6) is 1.13. The van der Waals surface area contributed by atoms with Gasteiger partial charge in [-0.15, -0.1) is 0 Å². The lowest BCUT2D eigenvalue weighted by atomic mass is 9.98. The van der Waals surface area contributed by atoms with Gasteiger partial charge in [0.05, 0.1) is 37.9 Å². The van der Waals surface area contributed by atoms with Crippen molar-refractivity contribution >= 4 is 22.3 Å². The Hall–Kier alpha value is -4.84. The summed E-state index contributed by atoms with van der Waals surface area (Å²) in [5.41, 5.74) is 6.14. The Morgan fingerprint density at radius 2 is 1.49 bits per heavy atom. The predicted molar refractivity (Wildman–Crippen MR) is 155 cm³/mol. The zero-order valence-corrected chi connectivity index (χ0v) is 22.5. The van der Waals surface area contributed by atoms with Gasteiger partial charge in [-0.2, -0.15) is 5.10 Å². The molecule has 0 saturated heterocycles. The number of carbonyl (C=O) groups is 1. The van der Waals surface area contributed by atoms with Crippen LogP contribution in [0.15, 0.2) is 97.1 Å². The molecule has 0 N–H and O–H groups in total. The monoisotopic (exact) mass is 518 g/mol. The molecule has 6 nitrogen and oxygen atoms in total. The van der Waals surface area contributed by atoms with Gasteiger partial charge in [0.25, 0.3) is 0 Å². The highest BCUT2D eigenvalue weighted by Gasteiger charge is 2.18. The van der Waals surface area contributed by atoms with Gasteiger partial charge in [-0.3, -0.25) is 0 Å². The van der Waals surface area contributed by atoms with Gasteiger partial charge >= 0.3 is 5.97 Å². The molecule has 4 aromatic carbocycles. The molecule has 0 spiro atoms. The summed E-state index contributed by atoms with van der Waals surface area (Å²) in [6, 6.07) is 30.0. The van der Waals surface area contributed by atoms with Crippen molar-refractivity contribution in [2.45, 2.75) is 13.8 Å². The van der Waals surface area contributed by atoms with Gasteiger partial charge in [0.15, 0.2) is 0 Å². The molecule has 0 bridgehead atoms. The summed E-state index contributed by atoms with van der Waals surface area (Å²) < 4.78 is 17.9. The topological polar surface area (TPSA) is 62.6 Å². The second kappa shape index (κ2) is 11.3. The average molecular weight is 519 g/mol. The minimum absolute atomic E-state index is 0.287. The summed E-state index contributed by atoms with van der Waals surface area (Å²) >= 11 is 0. The van der Waals surface area contributed by atoms with E-state index in [9.17, 15) is 4.79 Å². The molecule has 1 aromatic heterocycles. The van der Waals surface area contributed by atoms with Crippen molar-refractivity contribution in [3.63, 3.8) is 0 Å². The molecular formula is C33H30N2O4. The molecule has 5 aromatic rings. The fourth-order valence-electron chi connectivity index (χ4n) is 4.49. The van der Waals surface area contributed by atoms with E-state index in [2.05, 4.69) is 37.3 Å². The third-order valence-electron chi connectivity index (χ3n) is 6.56. The summed E-state index contributed by atoms with van der Waals surface area (Å²) in [6.07, 6.45) is 1.52. The smallest absolute Gasteiger partial charge is 0.331 e. The Bertz CT molecular complexity index is 1650. The van der Waals surface area contributed by atoms with Gasteiger partial charge in [-0.1, -0.05) is 48.0 Å². The van der Waals surface area contributed by atoms with Crippen LogP contribution in [0, 0.1) is 6.92 Å². The number of hydrogen-bond donors (Lipinski definition) is 0. The highest BCUT2D eigenvalue weighted by Crippen LogP contribution is 2.32. The van der Waals surface area contributed by atoms with E-state index in [0.29, 0.717) is 11.3 Å². The maximum absolute atomic E-state index is 12.7. The molecule has 0 amide bonds. The van der Waals surface area contributed by atoms with Crippen LogP contribution in [-0.4, -0.2) is 36.6 Å². The summed E-state index contributed by atoms with van der Waals surface area (Å²) in [6.45, 7) is 4.14. The molecule has 0 atom stereocenters. The first kappa shape index (κ1) is 25.8. The minimum Gasteiger partial charge on any atom is -0.497 e. The minimum atomic E-state index is -0.418. The van der Waals surface area contributed by atoms with Crippen LogP contribution < -0.4 is 9.47 Å². The normalized spacial score (nSPS) is 11.4. The first-order valence-electron chi connectivity index (χ1n) is 12.8. The number of aromatic nitrogens is 2. The molecule has 196 valence electrons. The summed E-state index contributed by atoms with van der Waals surface area (Å²) in [5, 5.41) is 7.08. The van der Waals surface area contributed by atoms with E-state index in [1.807, 2.05) is 65.3 Å². The van der Waals surface area contributed by atoms with Crippen LogP contribution >= 0.6 is 0 Å². The van der Waals surface area contributed by atoms with Crippen molar-refractivity contribution in [1.29, 1.82) is 0 Å². The molecule has 0 fully saturated rings. The van der Waals surface area contributed by atoms with Gasteiger partial charge < -0.3 is 14.2 Å². The van der Waals surface area contributed by atoms with E-state index in [1.165, 1.54) is 11.6 Å². The maximum Gasteiger partial charge on any atom is 0.331 e. The predicted octanol–water partition coefficient (Wildman–Crippen LogP) is 7.01. The van der Waals surface area contributed by atoms with E-state index in [-0.39, 0.29) is 6.61 Å². The van der Waals surface area contributed by atoms with Crippen LogP contribution in [0.4, 0.5) is 0 Å². The van der Waals surface area contributed by atoms with Crippen molar-refractivity contribution in [2.24, 2.45) is 0 Å². The summed E-state index contributed by atoms with van der Waals surface area (Å²) in [4.78, 5) is 12.7. The van der Waals surface area contributed by atoms with Gasteiger partial charge in [-0.25, -0.2) is 9.48 Å². The molecule has 0 aliphatic heterocycles. The zero-order chi connectivity index (χ0) is 27.4. The molecule has 1 heterocycles. The number of benzene rings is 4. The van der Waals surface area contributed by atoms with E-state index in [0.717, 1.165) is 44.8 Å². The van der Waals surface area contributed by atoms with Crippen LogP contribution in [0.5, 0.6) is 11.5 Å². The van der Waals surface area contributed by atoms with Gasteiger partial charge in [0.1, 0.15) is 11.5 Å². The Labute approximate surface area is 228 Å². The molecular weight excluding hydrogens is 488 g/mol. The van der Waals surface area contributed by atoms with Gasteiger partial charge in [-0.05, 0) is 78.7 Å². The molecule has 0 saturated carbocycles. The number of ether oxygens (including phenoxy) is 3. The number of carbonyl (C=O) groups excluding carboxylic acids is 1. The SMILES string of the molecule is CCOC(=O)/C=C(/c1ccc2cc(OC)ccc2c1)c1cc(-c2ccc(C)cc2)n(-c2ccc(OC)cc2)n1. The van der Waals surface area contributed by atoms with E-state index in [1.54, 1.807) is 21.1 Å². The zero-order valence-electron chi connectivity index (χ0n) is 22.5. The standard InChI is InChI=1S/C33H30N2O4/c1-5-39-33(36)20-30(26-11-10-25-19-29(38-4)15-12-24(25)18-26)31-21-32(23-8-6-22(2)7-9-23)35(34-31)27-13-16-28(37-3)17-14-27/h6-21H,5H2,1-4H3/b30-20-. The van der Waals surface area contributed by atoms with Crippen molar-refractivity contribution in [3.05, 3.63) is 114 Å². The first-order valence-corrected chi connectivity index (χ1v) is 12.8. The second-order valence-corrected chi connectivity index (χ2v) is 9.13. The van der Waals surface area contributed by atoms with Crippen molar-refractivity contribution < 1.29 is 19.0 Å². The van der Waals surface area contributed by atoms with Crippen LogP contribution in [0.3, 0.4) is 0 Å². The quantitative estimate of drug-likeness (QED) is 0.163. The third kappa shape index (κ3) is 5.55. The molecule has 5 rings (SSSR count). The fraction of sp³-hybridized carbons (Fsp3) is 0.152. The number of aryl methyl sites for hydroxylation is 1. The van der Waals surface area contributed by atoms with Crippen molar-refractivity contribution in [2.75, 3.05) is 20.8 Å². The molecule has 0 aliphatic rings. The number of fused-ring (bicyclic) bond motifs is 1.